The van der Waals surface area contributed by atoms with Crippen LogP contribution in [0, 0.1) is 5.82 Å². The number of benzene rings is 4. The maximum absolute atomic E-state index is 13.0. The van der Waals surface area contributed by atoms with Gasteiger partial charge in [0.25, 0.3) is 5.91 Å². The molecule has 0 fully saturated rings. The van der Waals surface area contributed by atoms with E-state index in [4.69, 9.17) is 5.10 Å². The molecule has 0 saturated heterocycles. The molecule has 1 N–H and O–H groups in total. The van der Waals surface area contributed by atoms with Gasteiger partial charge in [0.2, 0.25) is 0 Å². The van der Waals surface area contributed by atoms with Gasteiger partial charge in [-0.2, -0.15) is 10.2 Å². The number of allylic oxidation sites excluding steroid dienone is 1. The minimum Gasteiger partial charge on any atom is -0.267 e. The van der Waals surface area contributed by atoms with E-state index in [0.29, 0.717) is 5.56 Å². The molecule has 0 bridgehead atoms. The maximum Gasteiger partial charge on any atom is 0.271 e. The summed E-state index contributed by atoms with van der Waals surface area (Å²) in [6.45, 7) is 0. The average Bonchev–Trinajstić information content (AvgIpc) is 3.38. The van der Waals surface area contributed by atoms with E-state index in [9.17, 15) is 9.18 Å². The zero-order valence-electron chi connectivity index (χ0n) is 20.0. The molecule has 5 nitrogen and oxygen atoms in total. The van der Waals surface area contributed by atoms with Gasteiger partial charge in [-0.1, -0.05) is 78.9 Å². The highest BCUT2D eigenvalue weighted by molar-refractivity contribution is 6.01. The lowest BCUT2D eigenvalue weighted by atomic mass is 10.0. The molecule has 0 aromatic heterocycles. The minimum absolute atomic E-state index is 0.0890. The number of hydrazone groups is 2. The van der Waals surface area contributed by atoms with E-state index in [2.05, 4.69) is 52.0 Å². The summed E-state index contributed by atoms with van der Waals surface area (Å²) in [6.07, 6.45) is 6.54. The lowest BCUT2D eigenvalue weighted by Crippen LogP contribution is -2.18. The summed E-state index contributed by atoms with van der Waals surface area (Å²) in [6, 6.07) is 33.8. The molecule has 0 saturated carbocycles. The van der Waals surface area contributed by atoms with Gasteiger partial charge in [0.05, 0.1) is 23.7 Å². The zero-order chi connectivity index (χ0) is 25.5. The van der Waals surface area contributed by atoms with Crippen molar-refractivity contribution in [3.63, 3.8) is 0 Å². The number of hydrogen-bond acceptors (Lipinski definition) is 4. The smallest absolute Gasteiger partial charge is 0.267 e. The molecule has 37 heavy (non-hydrogen) atoms. The van der Waals surface area contributed by atoms with Gasteiger partial charge in [0.1, 0.15) is 5.82 Å². The first-order valence-electron chi connectivity index (χ1n) is 12.0. The fourth-order valence-electron chi connectivity index (χ4n) is 4.11. The van der Waals surface area contributed by atoms with Crippen molar-refractivity contribution >= 4 is 29.6 Å². The Labute approximate surface area is 215 Å². The Morgan fingerprint density at radius 2 is 1.51 bits per heavy atom. The van der Waals surface area contributed by atoms with Crippen molar-refractivity contribution in [2.45, 2.75) is 12.5 Å². The highest BCUT2D eigenvalue weighted by Gasteiger charge is 2.28. The molecule has 1 atom stereocenters. The van der Waals surface area contributed by atoms with Gasteiger partial charge in [-0.25, -0.2) is 9.82 Å². The van der Waals surface area contributed by atoms with Crippen molar-refractivity contribution in [1.82, 2.24) is 5.43 Å². The topological polar surface area (TPSA) is 57.1 Å². The first-order chi connectivity index (χ1) is 18.2. The van der Waals surface area contributed by atoms with Crippen LogP contribution in [0.1, 0.15) is 39.5 Å². The second-order valence-electron chi connectivity index (χ2n) is 8.61. The van der Waals surface area contributed by atoms with Crippen LogP contribution in [-0.4, -0.2) is 17.8 Å². The second-order valence-corrected chi connectivity index (χ2v) is 8.61. The van der Waals surface area contributed by atoms with Crippen molar-refractivity contribution in [1.29, 1.82) is 0 Å². The number of rotatable bonds is 7. The van der Waals surface area contributed by atoms with Crippen LogP contribution in [0.5, 0.6) is 0 Å². The standard InChI is InChI=1S/C31H25FN4O/c32-27-16-14-26(15-17-27)31(37)34-33-22-24-12-19-29(20-13-24)36-30(25-9-5-2-6-10-25)21-28(35-36)18-11-23-7-3-1-4-8-23/h1-20,22,30H,21H2,(H,34,37)/b18-11+,33-22-/t30-/m1/s1. The summed E-state index contributed by atoms with van der Waals surface area (Å²) in [5, 5.41) is 11.0. The number of amides is 1. The first-order valence-corrected chi connectivity index (χ1v) is 12.0. The Morgan fingerprint density at radius 3 is 2.22 bits per heavy atom. The van der Waals surface area contributed by atoms with Gasteiger partial charge in [0.15, 0.2) is 0 Å². The summed E-state index contributed by atoms with van der Waals surface area (Å²) in [7, 11) is 0. The van der Waals surface area contributed by atoms with Crippen LogP contribution < -0.4 is 10.4 Å². The van der Waals surface area contributed by atoms with Crippen LogP contribution in [0.3, 0.4) is 0 Å². The van der Waals surface area contributed by atoms with Crippen molar-refractivity contribution < 1.29 is 9.18 Å². The third kappa shape index (κ3) is 6.05. The molecule has 0 spiro atoms. The van der Waals surface area contributed by atoms with Gasteiger partial charge < -0.3 is 0 Å². The van der Waals surface area contributed by atoms with Gasteiger partial charge >= 0.3 is 0 Å². The molecule has 0 aliphatic carbocycles. The fourth-order valence-corrected chi connectivity index (χ4v) is 4.11. The number of nitrogens with one attached hydrogen (secondary N) is 1. The number of hydrogen-bond donors (Lipinski definition) is 1. The Kier molecular flexibility index (Phi) is 7.27. The Balaban J connectivity index is 1.31. The zero-order valence-corrected chi connectivity index (χ0v) is 20.0. The molecular formula is C31H25FN4O. The van der Waals surface area contributed by atoms with E-state index in [1.165, 1.54) is 29.8 Å². The van der Waals surface area contributed by atoms with Crippen LogP contribution in [0.15, 0.2) is 125 Å². The van der Waals surface area contributed by atoms with Crippen molar-refractivity contribution in [2.75, 3.05) is 5.01 Å². The SMILES string of the molecule is O=C(N/N=C\c1ccc(N2N=C(/C=C/c3ccccc3)C[C@@H]2c2ccccc2)cc1)c1ccc(F)cc1. The number of carbonyl (C=O) groups is 1. The largest absolute Gasteiger partial charge is 0.271 e. The van der Waals surface area contributed by atoms with Crippen molar-refractivity contribution in [2.24, 2.45) is 10.2 Å². The molecule has 182 valence electrons. The van der Waals surface area contributed by atoms with Gasteiger partial charge in [-0.3, -0.25) is 9.80 Å². The van der Waals surface area contributed by atoms with Crippen molar-refractivity contribution in [3.8, 4) is 0 Å². The number of carbonyl (C=O) groups excluding carboxylic acids is 1. The van der Waals surface area contributed by atoms with E-state index < -0.39 is 11.7 Å². The molecule has 6 heteroatoms. The summed E-state index contributed by atoms with van der Waals surface area (Å²) >= 11 is 0. The van der Waals surface area contributed by atoms with Crippen molar-refractivity contribution in [3.05, 3.63) is 143 Å². The fraction of sp³-hybridized carbons (Fsp3) is 0.0645. The lowest BCUT2D eigenvalue weighted by Gasteiger charge is -2.24. The van der Waals surface area contributed by atoms with Crippen LogP contribution in [0.4, 0.5) is 10.1 Å². The predicted molar refractivity (Wildman–Crippen MR) is 147 cm³/mol. The monoisotopic (exact) mass is 488 g/mol. The summed E-state index contributed by atoms with van der Waals surface area (Å²) < 4.78 is 13.0. The summed E-state index contributed by atoms with van der Waals surface area (Å²) in [5.41, 5.74) is 7.93. The van der Waals surface area contributed by atoms with E-state index in [0.717, 1.165) is 28.9 Å². The highest BCUT2D eigenvalue weighted by atomic mass is 19.1. The number of nitrogens with zero attached hydrogens (tertiary/aromatic N) is 3. The Bertz CT molecular complexity index is 1430. The molecule has 1 aliphatic rings. The molecule has 4 aromatic carbocycles. The summed E-state index contributed by atoms with van der Waals surface area (Å²) in [4.78, 5) is 12.1. The Hall–Kier alpha value is -4.84. The first kappa shape index (κ1) is 23.9. The Morgan fingerprint density at radius 1 is 0.838 bits per heavy atom. The predicted octanol–water partition coefficient (Wildman–Crippen LogP) is 6.61. The third-order valence-electron chi connectivity index (χ3n) is 6.03. The molecule has 0 unspecified atom stereocenters. The lowest BCUT2D eigenvalue weighted by molar-refractivity contribution is 0.0955. The molecule has 4 aromatic rings. The van der Waals surface area contributed by atoms with E-state index in [1.54, 1.807) is 6.21 Å². The number of anilines is 1. The molecule has 5 rings (SSSR count). The highest BCUT2D eigenvalue weighted by Crippen LogP contribution is 2.35. The van der Waals surface area contributed by atoms with Gasteiger partial charge in [0, 0.05) is 12.0 Å². The van der Waals surface area contributed by atoms with E-state index in [-0.39, 0.29) is 6.04 Å². The molecule has 1 aliphatic heterocycles. The second kappa shape index (κ2) is 11.3. The maximum atomic E-state index is 13.0. The van der Waals surface area contributed by atoms with Crippen LogP contribution in [0.25, 0.3) is 6.08 Å². The quantitative estimate of drug-likeness (QED) is 0.235. The summed E-state index contributed by atoms with van der Waals surface area (Å²) in [5.74, 6) is -0.794. The third-order valence-corrected chi connectivity index (χ3v) is 6.03. The van der Waals surface area contributed by atoms with Crippen LogP contribution in [-0.2, 0) is 0 Å². The van der Waals surface area contributed by atoms with Crippen LogP contribution in [0.2, 0.25) is 0 Å². The average molecular weight is 489 g/mol. The van der Waals surface area contributed by atoms with E-state index in [1.807, 2.05) is 60.7 Å². The number of halogens is 1. The van der Waals surface area contributed by atoms with Gasteiger partial charge in [-0.15, -0.1) is 0 Å². The van der Waals surface area contributed by atoms with Crippen LogP contribution >= 0.6 is 0 Å². The van der Waals surface area contributed by atoms with Gasteiger partial charge in [-0.05, 0) is 59.2 Å². The van der Waals surface area contributed by atoms with E-state index >= 15 is 0 Å². The minimum atomic E-state index is -0.402. The molecular weight excluding hydrogens is 463 g/mol. The molecule has 1 amide bonds. The molecule has 1 heterocycles. The normalized spacial score (nSPS) is 15.3. The molecule has 0 radical (unpaired) electrons.